The highest BCUT2D eigenvalue weighted by Crippen LogP contribution is 2.28. The molecule has 0 aromatic heterocycles. The number of nitrogens with two attached hydrogens (primary N) is 1. The predicted molar refractivity (Wildman–Crippen MR) is 71.2 cm³/mol. The van der Waals surface area contributed by atoms with Gasteiger partial charge in [-0.3, -0.25) is 9.59 Å². The first-order chi connectivity index (χ1) is 9.20. The van der Waals surface area contributed by atoms with Gasteiger partial charge in [0.2, 0.25) is 0 Å². The Balaban J connectivity index is 1.99. The highest BCUT2D eigenvalue weighted by atomic mass is 16.5. The normalized spacial score (nSPS) is 13.2. The molecule has 0 saturated heterocycles. The van der Waals surface area contributed by atoms with Crippen LogP contribution in [0.1, 0.15) is 23.2 Å². The molecule has 1 heterocycles. The van der Waals surface area contributed by atoms with Crippen molar-refractivity contribution >= 4 is 17.5 Å². The summed E-state index contributed by atoms with van der Waals surface area (Å²) < 4.78 is 5.23. The van der Waals surface area contributed by atoms with Gasteiger partial charge in [-0.05, 0) is 37.6 Å². The molecule has 6 nitrogen and oxygen atoms in total. The summed E-state index contributed by atoms with van der Waals surface area (Å²) >= 11 is 0. The molecule has 6 heteroatoms. The SMILES string of the molecule is NCCCCNC(=O)c1ccc2c(c1)NC(=O)CO2. The Morgan fingerprint density at radius 3 is 3.05 bits per heavy atom. The maximum absolute atomic E-state index is 11.9. The second-order valence-electron chi connectivity index (χ2n) is 4.30. The van der Waals surface area contributed by atoms with Crippen molar-refractivity contribution in [2.45, 2.75) is 12.8 Å². The molecule has 1 aliphatic rings. The minimum atomic E-state index is -0.215. The van der Waals surface area contributed by atoms with Crippen molar-refractivity contribution in [3.05, 3.63) is 23.8 Å². The van der Waals surface area contributed by atoms with E-state index < -0.39 is 0 Å². The lowest BCUT2D eigenvalue weighted by molar-refractivity contribution is -0.118. The lowest BCUT2D eigenvalue weighted by atomic mass is 10.1. The third-order valence-electron chi connectivity index (χ3n) is 2.79. The summed E-state index contributed by atoms with van der Waals surface area (Å²) in [5.41, 5.74) is 6.41. The van der Waals surface area contributed by atoms with E-state index in [-0.39, 0.29) is 18.4 Å². The maximum atomic E-state index is 11.9. The van der Waals surface area contributed by atoms with Gasteiger partial charge in [-0.2, -0.15) is 0 Å². The van der Waals surface area contributed by atoms with E-state index in [2.05, 4.69) is 10.6 Å². The number of carbonyl (C=O) groups is 2. The number of fused-ring (bicyclic) bond motifs is 1. The highest BCUT2D eigenvalue weighted by Gasteiger charge is 2.17. The van der Waals surface area contributed by atoms with Crippen molar-refractivity contribution in [3.63, 3.8) is 0 Å². The van der Waals surface area contributed by atoms with Crippen LogP contribution in [0.3, 0.4) is 0 Å². The van der Waals surface area contributed by atoms with E-state index in [1.807, 2.05) is 0 Å². The van der Waals surface area contributed by atoms with Crippen molar-refractivity contribution in [1.29, 1.82) is 0 Å². The molecule has 0 unspecified atom stereocenters. The van der Waals surface area contributed by atoms with Crippen LogP contribution < -0.4 is 21.1 Å². The van der Waals surface area contributed by atoms with Gasteiger partial charge in [0.15, 0.2) is 6.61 Å². The van der Waals surface area contributed by atoms with Gasteiger partial charge in [-0.1, -0.05) is 0 Å². The van der Waals surface area contributed by atoms with Crippen LogP contribution in [0.2, 0.25) is 0 Å². The molecule has 0 radical (unpaired) electrons. The minimum Gasteiger partial charge on any atom is -0.482 e. The molecule has 102 valence electrons. The third kappa shape index (κ3) is 3.45. The zero-order valence-electron chi connectivity index (χ0n) is 10.6. The Morgan fingerprint density at radius 2 is 2.26 bits per heavy atom. The second-order valence-corrected chi connectivity index (χ2v) is 4.30. The molecular weight excluding hydrogens is 246 g/mol. The van der Waals surface area contributed by atoms with Gasteiger partial charge in [-0.25, -0.2) is 0 Å². The summed E-state index contributed by atoms with van der Waals surface area (Å²) in [6.45, 7) is 1.23. The van der Waals surface area contributed by atoms with Gasteiger partial charge < -0.3 is 21.1 Å². The summed E-state index contributed by atoms with van der Waals surface area (Å²) in [7, 11) is 0. The Labute approximate surface area is 111 Å². The Bertz CT molecular complexity index is 488. The van der Waals surface area contributed by atoms with Crippen molar-refractivity contribution in [2.75, 3.05) is 25.0 Å². The Kier molecular flexibility index (Phi) is 4.35. The van der Waals surface area contributed by atoms with Crippen LogP contribution in [0, 0.1) is 0 Å². The molecule has 19 heavy (non-hydrogen) atoms. The maximum Gasteiger partial charge on any atom is 0.262 e. The van der Waals surface area contributed by atoms with E-state index in [9.17, 15) is 9.59 Å². The Hall–Kier alpha value is -2.08. The van der Waals surface area contributed by atoms with Gasteiger partial charge in [0.25, 0.3) is 11.8 Å². The topological polar surface area (TPSA) is 93.5 Å². The summed E-state index contributed by atoms with van der Waals surface area (Å²) in [5, 5.41) is 5.47. The average Bonchev–Trinajstić information content (AvgIpc) is 2.42. The van der Waals surface area contributed by atoms with Crippen molar-refractivity contribution in [2.24, 2.45) is 5.73 Å². The molecule has 2 amide bonds. The summed E-state index contributed by atoms with van der Waals surface area (Å²) in [6.07, 6.45) is 1.74. The summed E-state index contributed by atoms with van der Waals surface area (Å²) in [6, 6.07) is 4.98. The van der Waals surface area contributed by atoms with Crippen LogP contribution in [0.25, 0.3) is 0 Å². The highest BCUT2D eigenvalue weighted by molar-refractivity contribution is 5.99. The molecule has 0 spiro atoms. The molecule has 0 fully saturated rings. The number of carbonyl (C=O) groups excluding carboxylic acids is 2. The number of unbranched alkanes of at least 4 members (excludes halogenated alkanes) is 1. The largest absolute Gasteiger partial charge is 0.482 e. The van der Waals surface area contributed by atoms with Crippen LogP contribution in [0.4, 0.5) is 5.69 Å². The number of rotatable bonds is 5. The molecule has 0 saturated carbocycles. The van der Waals surface area contributed by atoms with Gasteiger partial charge in [0.1, 0.15) is 5.75 Å². The van der Waals surface area contributed by atoms with Gasteiger partial charge in [0.05, 0.1) is 5.69 Å². The molecule has 4 N–H and O–H groups in total. The van der Waals surface area contributed by atoms with Crippen LogP contribution in [0.5, 0.6) is 5.75 Å². The second kappa shape index (κ2) is 6.19. The first-order valence-corrected chi connectivity index (χ1v) is 6.25. The average molecular weight is 263 g/mol. The number of nitrogens with one attached hydrogen (secondary N) is 2. The molecule has 0 aliphatic carbocycles. The molecule has 1 aromatic carbocycles. The quantitative estimate of drug-likeness (QED) is 0.674. The number of amides is 2. The number of hydrogen-bond donors (Lipinski definition) is 3. The molecule has 2 rings (SSSR count). The lowest BCUT2D eigenvalue weighted by Crippen LogP contribution is -2.27. The van der Waals surface area contributed by atoms with E-state index in [1.54, 1.807) is 18.2 Å². The molecule has 0 bridgehead atoms. The fourth-order valence-corrected chi connectivity index (χ4v) is 1.80. The minimum absolute atomic E-state index is 0.0115. The van der Waals surface area contributed by atoms with E-state index in [4.69, 9.17) is 10.5 Å². The van der Waals surface area contributed by atoms with E-state index in [0.717, 1.165) is 12.8 Å². The zero-order chi connectivity index (χ0) is 13.7. The van der Waals surface area contributed by atoms with Gasteiger partial charge >= 0.3 is 0 Å². The number of anilines is 1. The van der Waals surface area contributed by atoms with Crippen LogP contribution in [-0.4, -0.2) is 31.5 Å². The van der Waals surface area contributed by atoms with Gasteiger partial charge in [0, 0.05) is 12.1 Å². The van der Waals surface area contributed by atoms with E-state index in [0.29, 0.717) is 30.1 Å². The Morgan fingerprint density at radius 1 is 1.42 bits per heavy atom. The first kappa shape index (κ1) is 13.4. The number of hydrogen-bond acceptors (Lipinski definition) is 4. The standard InChI is InChI=1S/C13H17N3O3/c14-5-1-2-6-15-13(18)9-3-4-11-10(7-9)16-12(17)8-19-11/h3-4,7H,1-2,5-6,8,14H2,(H,15,18)(H,16,17). The third-order valence-corrected chi connectivity index (χ3v) is 2.79. The smallest absolute Gasteiger partial charge is 0.262 e. The van der Waals surface area contributed by atoms with Crippen molar-refractivity contribution in [3.8, 4) is 5.75 Å². The van der Waals surface area contributed by atoms with Crippen LogP contribution in [-0.2, 0) is 4.79 Å². The number of ether oxygens (including phenoxy) is 1. The zero-order valence-corrected chi connectivity index (χ0v) is 10.6. The van der Waals surface area contributed by atoms with Crippen LogP contribution >= 0.6 is 0 Å². The summed E-state index contributed by atoms with van der Waals surface area (Å²) in [4.78, 5) is 23.1. The lowest BCUT2D eigenvalue weighted by Gasteiger charge is -2.18. The van der Waals surface area contributed by atoms with Gasteiger partial charge in [-0.15, -0.1) is 0 Å². The fourth-order valence-electron chi connectivity index (χ4n) is 1.80. The molecule has 1 aromatic rings. The first-order valence-electron chi connectivity index (χ1n) is 6.25. The van der Waals surface area contributed by atoms with Crippen LogP contribution in [0.15, 0.2) is 18.2 Å². The molecular formula is C13H17N3O3. The molecule has 0 atom stereocenters. The summed E-state index contributed by atoms with van der Waals surface area (Å²) in [5.74, 6) is 0.201. The monoisotopic (exact) mass is 263 g/mol. The van der Waals surface area contributed by atoms with E-state index in [1.165, 1.54) is 0 Å². The van der Waals surface area contributed by atoms with E-state index >= 15 is 0 Å². The molecule has 1 aliphatic heterocycles. The van der Waals surface area contributed by atoms with Crippen molar-refractivity contribution in [1.82, 2.24) is 5.32 Å². The number of benzene rings is 1. The van der Waals surface area contributed by atoms with Crippen molar-refractivity contribution < 1.29 is 14.3 Å². The fraction of sp³-hybridized carbons (Fsp3) is 0.385. The predicted octanol–water partition coefficient (Wildman–Crippen LogP) is 0.486.